The Labute approximate surface area is 115 Å². The molecule has 106 valence electrons. The van der Waals surface area contributed by atoms with E-state index in [0.717, 1.165) is 24.1 Å². The van der Waals surface area contributed by atoms with Crippen molar-refractivity contribution >= 4 is 0 Å². The molecular formula is C15H25N3O. The summed E-state index contributed by atoms with van der Waals surface area (Å²) in [4.78, 5) is 4.60. The molecule has 4 nitrogen and oxygen atoms in total. The van der Waals surface area contributed by atoms with Gasteiger partial charge in [0.1, 0.15) is 0 Å². The second-order valence-electron chi connectivity index (χ2n) is 7.39. The van der Waals surface area contributed by atoms with Gasteiger partial charge in [0.2, 0.25) is 5.89 Å². The number of fused-ring (bicyclic) bond motifs is 1. The molecule has 3 rings (SSSR count). The van der Waals surface area contributed by atoms with Crippen LogP contribution in [0.5, 0.6) is 0 Å². The molecule has 19 heavy (non-hydrogen) atoms. The number of hydrogen-bond acceptors (Lipinski definition) is 4. The van der Waals surface area contributed by atoms with Crippen molar-refractivity contribution in [1.29, 1.82) is 0 Å². The average molecular weight is 263 g/mol. The van der Waals surface area contributed by atoms with Crippen LogP contribution in [0.2, 0.25) is 0 Å². The molecule has 0 aromatic carbocycles. The first kappa shape index (κ1) is 13.1. The zero-order chi connectivity index (χ0) is 13.5. The van der Waals surface area contributed by atoms with Crippen molar-refractivity contribution in [3.63, 3.8) is 0 Å². The molecule has 2 aliphatic rings. The van der Waals surface area contributed by atoms with Gasteiger partial charge >= 0.3 is 0 Å². The van der Waals surface area contributed by atoms with E-state index in [2.05, 4.69) is 36.2 Å². The molecule has 1 aliphatic heterocycles. The van der Waals surface area contributed by atoms with Gasteiger partial charge in [0.15, 0.2) is 5.82 Å². The molecule has 0 amide bonds. The average Bonchev–Trinajstić information content (AvgIpc) is 2.91. The van der Waals surface area contributed by atoms with Gasteiger partial charge in [-0.1, -0.05) is 38.8 Å². The van der Waals surface area contributed by atoms with Crippen molar-refractivity contribution in [2.24, 2.45) is 11.3 Å². The maximum absolute atomic E-state index is 5.48. The predicted molar refractivity (Wildman–Crippen MR) is 73.7 cm³/mol. The molecule has 1 saturated carbocycles. The molecule has 0 bridgehead atoms. The highest BCUT2D eigenvalue weighted by molar-refractivity contribution is 5.02. The van der Waals surface area contributed by atoms with Gasteiger partial charge < -0.3 is 9.84 Å². The van der Waals surface area contributed by atoms with E-state index in [-0.39, 0.29) is 11.5 Å². The van der Waals surface area contributed by atoms with E-state index in [4.69, 9.17) is 4.52 Å². The minimum absolute atomic E-state index is 0.207. The van der Waals surface area contributed by atoms with Crippen LogP contribution in [0.15, 0.2) is 4.52 Å². The van der Waals surface area contributed by atoms with Crippen LogP contribution in [0.1, 0.15) is 70.6 Å². The Morgan fingerprint density at radius 2 is 2.05 bits per heavy atom. The summed E-state index contributed by atoms with van der Waals surface area (Å²) < 4.78 is 5.48. The molecule has 1 saturated heterocycles. The van der Waals surface area contributed by atoms with Gasteiger partial charge in [-0.2, -0.15) is 4.98 Å². The molecule has 2 heterocycles. The Bertz CT molecular complexity index is 421. The lowest BCUT2D eigenvalue weighted by Gasteiger charge is -2.24. The summed E-state index contributed by atoms with van der Waals surface area (Å²) >= 11 is 0. The highest BCUT2D eigenvalue weighted by atomic mass is 16.5. The summed E-state index contributed by atoms with van der Waals surface area (Å²) in [6, 6.07) is 0.964. The summed E-state index contributed by atoms with van der Waals surface area (Å²) in [5.74, 6) is 2.46. The SMILES string of the molecule is CC(C)(C)Cc1noc(C2CC3CCCCC3N2)n1. The lowest BCUT2D eigenvalue weighted by atomic mass is 9.85. The zero-order valence-corrected chi connectivity index (χ0v) is 12.3. The van der Waals surface area contributed by atoms with Crippen molar-refractivity contribution in [2.75, 3.05) is 0 Å². The molecule has 2 fully saturated rings. The Morgan fingerprint density at radius 3 is 2.79 bits per heavy atom. The molecule has 3 atom stereocenters. The number of rotatable bonds is 2. The molecule has 1 N–H and O–H groups in total. The Morgan fingerprint density at radius 1 is 1.26 bits per heavy atom. The van der Waals surface area contributed by atoms with Crippen LogP contribution in [0, 0.1) is 11.3 Å². The predicted octanol–water partition coefficient (Wildman–Crippen LogP) is 3.25. The quantitative estimate of drug-likeness (QED) is 0.890. The monoisotopic (exact) mass is 263 g/mol. The summed E-state index contributed by atoms with van der Waals surface area (Å²) in [6.07, 6.45) is 7.45. The second-order valence-corrected chi connectivity index (χ2v) is 7.39. The summed E-state index contributed by atoms with van der Waals surface area (Å²) in [7, 11) is 0. The highest BCUT2D eigenvalue weighted by Gasteiger charge is 2.38. The fraction of sp³-hybridized carbons (Fsp3) is 0.867. The van der Waals surface area contributed by atoms with E-state index in [1.165, 1.54) is 32.1 Å². The van der Waals surface area contributed by atoms with Crippen LogP contribution in [0.25, 0.3) is 0 Å². The largest absolute Gasteiger partial charge is 0.338 e. The molecule has 4 heteroatoms. The van der Waals surface area contributed by atoms with Crippen LogP contribution in [0.4, 0.5) is 0 Å². The van der Waals surface area contributed by atoms with Crippen molar-refractivity contribution in [3.05, 3.63) is 11.7 Å². The zero-order valence-electron chi connectivity index (χ0n) is 12.3. The first-order valence-corrected chi connectivity index (χ1v) is 7.60. The number of aromatic nitrogens is 2. The Hall–Kier alpha value is -0.900. The lowest BCUT2D eigenvalue weighted by Crippen LogP contribution is -2.30. The van der Waals surface area contributed by atoms with E-state index < -0.39 is 0 Å². The normalized spacial score (nSPS) is 31.4. The fourth-order valence-corrected chi connectivity index (χ4v) is 3.47. The van der Waals surface area contributed by atoms with Crippen LogP contribution < -0.4 is 5.32 Å². The summed E-state index contributed by atoms with van der Waals surface area (Å²) in [5, 5.41) is 7.83. The molecule has 1 aromatic rings. The van der Waals surface area contributed by atoms with E-state index >= 15 is 0 Å². The number of nitrogens with one attached hydrogen (secondary N) is 1. The third-order valence-corrected chi connectivity index (χ3v) is 4.33. The third kappa shape index (κ3) is 2.99. The Kier molecular flexibility index (Phi) is 3.37. The van der Waals surface area contributed by atoms with Crippen molar-refractivity contribution in [2.45, 2.75) is 71.4 Å². The highest BCUT2D eigenvalue weighted by Crippen LogP contribution is 2.38. The molecule has 1 aliphatic carbocycles. The maximum Gasteiger partial charge on any atom is 0.243 e. The molecule has 0 spiro atoms. The second kappa shape index (κ2) is 4.89. The molecular weight excluding hydrogens is 238 g/mol. The topological polar surface area (TPSA) is 51.0 Å². The number of nitrogens with zero attached hydrogens (tertiary/aromatic N) is 2. The van der Waals surface area contributed by atoms with Crippen molar-refractivity contribution < 1.29 is 4.52 Å². The smallest absolute Gasteiger partial charge is 0.243 e. The van der Waals surface area contributed by atoms with Gasteiger partial charge in [-0.05, 0) is 30.6 Å². The van der Waals surface area contributed by atoms with E-state index in [9.17, 15) is 0 Å². The van der Waals surface area contributed by atoms with Gasteiger partial charge in [0, 0.05) is 12.5 Å². The third-order valence-electron chi connectivity index (χ3n) is 4.33. The van der Waals surface area contributed by atoms with Gasteiger partial charge in [-0.15, -0.1) is 0 Å². The minimum Gasteiger partial charge on any atom is -0.338 e. The summed E-state index contributed by atoms with van der Waals surface area (Å²) in [5.41, 5.74) is 0.207. The van der Waals surface area contributed by atoms with Crippen molar-refractivity contribution in [1.82, 2.24) is 15.5 Å². The Balaban J connectivity index is 1.67. The van der Waals surface area contributed by atoms with Gasteiger partial charge in [0.25, 0.3) is 0 Å². The van der Waals surface area contributed by atoms with Gasteiger partial charge in [-0.25, -0.2) is 0 Å². The van der Waals surface area contributed by atoms with Crippen LogP contribution in [-0.2, 0) is 6.42 Å². The van der Waals surface area contributed by atoms with E-state index in [1.54, 1.807) is 0 Å². The van der Waals surface area contributed by atoms with E-state index in [0.29, 0.717) is 6.04 Å². The van der Waals surface area contributed by atoms with Crippen LogP contribution >= 0.6 is 0 Å². The fourth-order valence-electron chi connectivity index (χ4n) is 3.47. The van der Waals surface area contributed by atoms with Crippen LogP contribution in [-0.4, -0.2) is 16.2 Å². The standard InChI is InChI=1S/C15H25N3O/c1-15(2,3)9-13-17-14(19-18-13)12-8-10-6-4-5-7-11(10)16-12/h10-12,16H,4-9H2,1-3H3. The maximum atomic E-state index is 5.48. The molecule has 1 aromatic heterocycles. The first-order valence-electron chi connectivity index (χ1n) is 7.60. The number of hydrogen-bond donors (Lipinski definition) is 1. The minimum atomic E-state index is 0.207. The molecule has 0 radical (unpaired) electrons. The van der Waals surface area contributed by atoms with Crippen LogP contribution in [0.3, 0.4) is 0 Å². The van der Waals surface area contributed by atoms with E-state index in [1.807, 2.05) is 0 Å². The lowest BCUT2D eigenvalue weighted by molar-refractivity contribution is 0.323. The summed E-state index contributed by atoms with van der Waals surface area (Å²) in [6.45, 7) is 6.60. The first-order chi connectivity index (χ1) is 9.01. The van der Waals surface area contributed by atoms with Gasteiger partial charge in [-0.3, -0.25) is 0 Å². The van der Waals surface area contributed by atoms with Gasteiger partial charge in [0.05, 0.1) is 6.04 Å². The molecule has 3 unspecified atom stereocenters. The van der Waals surface area contributed by atoms with Crippen molar-refractivity contribution in [3.8, 4) is 0 Å².